The van der Waals surface area contributed by atoms with Gasteiger partial charge in [-0.3, -0.25) is 5.32 Å². The third-order valence-electron chi connectivity index (χ3n) is 3.15. The molecule has 7 heteroatoms. The Morgan fingerprint density at radius 2 is 2.37 bits per heavy atom. The monoisotopic (exact) mass is 262 g/mol. The van der Waals surface area contributed by atoms with Gasteiger partial charge in [0.15, 0.2) is 0 Å². The van der Waals surface area contributed by atoms with Crippen molar-refractivity contribution in [1.29, 1.82) is 0 Å². The Kier molecular flexibility index (Phi) is 3.89. The first kappa shape index (κ1) is 13.2. The third-order valence-corrected chi connectivity index (χ3v) is 3.15. The summed E-state index contributed by atoms with van der Waals surface area (Å²) in [6, 6.07) is 7.07. The van der Waals surface area contributed by atoms with Gasteiger partial charge in [-0.05, 0) is 11.6 Å². The highest BCUT2D eigenvalue weighted by molar-refractivity contribution is 5.82. The van der Waals surface area contributed by atoms with E-state index in [0.29, 0.717) is 30.9 Å². The molecule has 0 spiro atoms. The van der Waals surface area contributed by atoms with Gasteiger partial charge in [-0.15, -0.1) is 0 Å². The average molecular weight is 262 g/mol. The van der Waals surface area contributed by atoms with E-state index in [-0.39, 0.29) is 6.54 Å². The van der Waals surface area contributed by atoms with Crippen molar-refractivity contribution in [3.8, 4) is 5.75 Å². The normalized spacial score (nSPS) is 20.8. The molecule has 1 heterocycles. The molecule has 1 unspecified atom stereocenters. The number of nitrogens with one attached hydrogen (secondary N) is 1. The van der Waals surface area contributed by atoms with Crippen LogP contribution in [0.3, 0.4) is 0 Å². The maximum atomic E-state index is 11.7. The number of carboxylic acid groups (broad SMARTS) is 1. The molecule has 2 rings (SSSR count). The summed E-state index contributed by atoms with van der Waals surface area (Å²) in [6.45, 7) is 0.830. The van der Waals surface area contributed by atoms with Gasteiger partial charge in [-0.25, -0.2) is 4.79 Å². The Balaban J connectivity index is 2.30. The fourth-order valence-corrected chi connectivity index (χ4v) is 2.24. The molecule has 19 heavy (non-hydrogen) atoms. The quantitative estimate of drug-likeness (QED) is 0.364. The number of hydrogen-bond acceptors (Lipinski definition) is 4. The number of carbonyl (C=O) groups is 1. The summed E-state index contributed by atoms with van der Waals surface area (Å²) in [4.78, 5) is 14.3. The molecule has 0 saturated heterocycles. The van der Waals surface area contributed by atoms with Crippen LogP contribution in [0, 0.1) is 0 Å². The van der Waals surface area contributed by atoms with E-state index in [1.807, 2.05) is 0 Å². The van der Waals surface area contributed by atoms with E-state index in [1.54, 1.807) is 24.3 Å². The summed E-state index contributed by atoms with van der Waals surface area (Å²) in [5.41, 5.74) is 7.65. The minimum atomic E-state index is -1.18. The van der Waals surface area contributed by atoms with Crippen molar-refractivity contribution >= 4 is 5.97 Å². The molecule has 7 nitrogen and oxygen atoms in total. The van der Waals surface area contributed by atoms with Gasteiger partial charge >= 0.3 is 5.97 Å². The zero-order valence-electron chi connectivity index (χ0n) is 10.2. The maximum absolute atomic E-state index is 11.7. The molecule has 0 amide bonds. The molecule has 1 aromatic rings. The Labute approximate surface area is 109 Å². The van der Waals surface area contributed by atoms with E-state index in [4.69, 9.17) is 10.3 Å². The van der Waals surface area contributed by atoms with Crippen molar-refractivity contribution in [2.45, 2.75) is 12.0 Å². The van der Waals surface area contributed by atoms with Gasteiger partial charge < -0.3 is 9.84 Å². The number of carboxylic acids is 1. The Morgan fingerprint density at radius 1 is 1.58 bits per heavy atom. The van der Waals surface area contributed by atoms with E-state index in [0.717, 1.165) is 0 Å². The smallest absolute Gasteiger partial charge is 0.328 e. The zero-order valence-corrected chi connectivity index (χ0v) is 10.2. The van der Waals surface area contributed by atoms with E-state index < -0.39 is 11.5 Å². The van der Waals surface area contributed by atoms with Crippen LogP contribution in [0.2, 0.25) is 0 Å². The minimum absolute atomic E-state index is 0.203. The number of para-hydroxylation sites is 1. The number of aliphatic carboxylic acids is 1. The molecule has 1 aromatic carbocycles. The third kappa shape index (κ3) is 2.47. The fraction of sp³-hybridized carbons (Fsp3) is 0.417. The molecule has 1 atom stereocenters. The average Bonchev–Trinajstić information content (AvgIpc) is 2.43. The van der Waals surface area contributed by atoms with Gasteiger partial charge in [0, 0.05) is 30.0 Å². The molecule has 0 radical (unpaired) electrons. The lowest BCUT2D eigenvalue weighted by molar-refractivity contribution is -0.146. The second-order valence-electron chi connectivity index (χ2n) is 4.19. The van der Waals surface area contributed by atoms with Gasteiger partial charge in [-0.1, -0.05) is 23.3 Å². The molecule has 2 N–H and O–H groups in total. The standard InChI is InChI=1S/C12H14N4O3/c13-16-15-7-6-14-12(11(17)18)5-8-19-10-4-2-1-3-9(10)12/h1-4,14H,5-8H2,(H,17,18). The van der Waals surface area contributed by atoms with Crippen LogP contribution < -0.4 is 10.1 Å². The number of rotatable bonds is 5. The van der Waals surface area contributed by atoms with Crippen LogP contribution in [0.1, 0.15) is 12.0 Å². The molecular weight excluding hydrogens is 248 g/mol. The summed E-state index contributed by atoms with van der Waals surface area (Å²) >= 11 is 0. The summed E-state index contributed by atoms with van der Waals surface area (Å²) < 4.78 is 5.47. The van der Waals surface area contributed by atoms with Gasteiger partial charge in [0.2, 0.25) is 0 Å². The Morgan fingerprint density at radius 3 is 3.11 bits per heavy atom. The van der Waals surface area contributed by atoms with Crippen LogP contribution in [0.5, 0.6) is 5.75 Å². The molecular formula is C12H14N4O3. The van der Waals surface area contributed by atoms with E-state index >= 15 is 0 Å². The highest BCUT2D eigenvalue weighted by Gasteiger charge is 2.44. The van der Waals surface area contributed by atoms with Gasteiger partial charge in [0.25, 0.3) is 0 Å². The lowest BCUT2D eigenvalue weighted by atomic mass is 9.84. The minimum Gasteiger partial charge on any atom is -0.493 e. The van der Waals surface area contributed by atoms with Crippen LogP contribution >= 0.6 is 0 Å². The number of benzene rings is 1. The van der Waals surface area contributed by atoms with Gasteiger partial charge in [-0.2, -0.15) is 0 Å². The van der Waals surface area contributed by atoms with Gasteiger partial charge in [0.1, 0.15) is 11.3 Å². The molecule has 0 aromatic heterocycles. The van der Waals surface area contributed by atoms with Crippen molar-refractivity contribution in [2.75, 3.05) is 19.7 Å². The predicted octanol–water partition coefficient (Wildman–Crippen LogP) is 1.65. The lowest BCUT2D eigenvalue weighted by Crippen LogP contribution is -2.52. The predicted molar refractivity (Wildman–Crippen MR) is 67.9 cm³/mol. The van der Waals surface area contributed by atoms with Crippen molar-refractivity contribution in [3.63, 3.8) is 0 Å². The molecule has 0 aliphatic carbocycles. The molecule has 1 aliphatic rings. The van der Waals surface area contributed by atoms with E-state index in [9.17, 15) is 9.90 Å². The lowest BCUT2D eigenvalue weighted by Gasteiger charge is -2.36. The second-order valence-corrected chi connectivity index (χ2v) is 4.19. The van der Waals surface area contributed by atoms with Crippen molar-refractivity contribution < 1.29 is 14.6 Å². The zero-order chi connectivity index (χ0) is 13.7. The molecule has 0 saturated carbocycles. The van der Waals surface area contributed by atoms with Crippen LogP contribution in [-0.2, 0) is 10.3 Å². The Hall–Kier alpha value is -2.24. The summed E-state index contributed by atoms with van der Waals surface area (Å²) in [6.07, 6.45) is 0.329. The highest BCUT2D eigenvalue weighted by Crippen LogP contribution is 2.36. The van der Waals surface area contributed by atoms with Crippen LogP contribution in [0.4, 0.5) is 0 Å². The highest BCUT2D eigenvalue weighted by atomic mass is 16.5. The van der Waals surface area contributed by atoms with Crippen molar-refractivity contribution in [1.82, 2.24) is 5.32 Å². The number of nitrogens with zero attached hydrogens (tertiary/aromatic N) is 3. The summed E-state index contributed by atoms with van der Waals surface area (Å²) in [7, 11) is 0. The molecule has 0 fully saturated rings. The fourth-order valence-electron chi connectivity index (χ4n) is 2.24. The SMILES string of the molecule is [N-]=[N+]=NCCNC1(C(=O)O)CCOc2ccccc21. The number of fused-ring (bicyclic) bond motifs is 1. The second kappa shape index (κ2) is 5.60. The largest absolute Gasteiger partial charge is 0.493 e. The van der Waals surface area contributed by atoms with E-state index in [1.165, 1.54) is 0 Å². The number of azide groups is 1. The van der Waals surface area contributed by atoms with E-state index in [2.05, 4.69) is 15.3 Å². The first-order valence-electron chi connectivity index (χ1n) is 5.92. The first-order valence-corrected chi connectivity index (χ1v) is 5.92. The molecule has 0 bridgehead atoms. The summed E-state index contributed by atoms with van der Waals surface area (Å²) in [5, 5.41) is 15.9. The molecule has 100 valence electrons. The molecule has 1 aliphatic heterocycles. The van der Waals surface area contributed by atoms with Crippen LogP contribution in [0.15, 0.2) is 29.4 Å². The van der Waals surface area contributed by atoms with Crippen LogP contribution in [0.25, 0.3) is 10.4 Å². The van der Waals surface area contributed by atoms with Crippen molar-refractivity contribution in [3.05, 3.63) is 40.3 Å². The van der Waals surface area contributed by atoms with Crippen molar-refractivity contribution in [2.24, 2.45) is 5.11 Å². The summed E-state index contributed by atoms with van der Waals surface area (Å²) in [5.74, 6) is -0.378. The van der Waals surface area contributed by atoms with Gasteiger partial charge in [0.05, 0.1) is 6.61 Å². The maximum Gasteiger partial charge on any atom is 0.328 e. The number of ether oxygens (including phenoxy) is 1. The topological polar surface area (TPSA) is 107 Å². The van der Waals surface area contributed by atoms with Crippen LogP contribution in [-0.4, -0.2) is 30.8 Å². The number of hydrogen-bond donors (Lipinski definition) is 2. The Bertz CT molecular complexity index is 527. The first-order chi connectivity index (χ1) is 9.20.